The molecule has 0 bridgehead atoms. The van der Waals surface area contributed by atoms with Gasteiger partial charge in [-0.15, -0.1) is 6.58 Å². The zero-order valence-corrected chi connectivity index (χ0v) is 10.2. The van der Waals surface area contributed by atoms with E-state index in [0.29, 0.717) is 0 Å². The highest BCUT2D eigenvalue weighted by Gasteiger charge is 1.86. The SMILES string of the molecule is [CH2]CCCCCCC=CCCCCC=C. The zero-order valence-electron chi connectivity index (χ0n) is 10.2. The van der Waals surface area contributed by atoms with E-state index in [2.05, 4.69) is 25.7 Å². The molecule has 0 aromatic carbocycles. The second-order valence-electron chi connectivity index (χ2n) is 4.10. The topological polar surface area (TPSA) is 0 Å². The van der Waals surface area contributed by atoms with E-state index in [9.17, 15) is 0 Å². The molecule has 0 aliphatic heterocycles. The molecule has 0 saturated carbocycles. The lowest BCUT2D eigenvalue weighted by molar-refractivity contribution is 0.650. The fourth-order valence-electron chi connectivity index (χ4n) is 1.58. The molecule has 0 aliphatic rings. The Balaban J connectivity index is 3.00. The first-order valence-corrected chi connectivity index (χ1v) is 6.47. The Morgan fingerprint density at radius 3 is 1.80 bits per heavy atom. The van der Waals surface area contributed by atoms with Gasteiger partial charge in [-0.05, 0) is 38.5 Å². The second-order valence-corrected chi connectivity index (χ2v) is 4.10. The first-order chi connectivity index (χ1) is 7.41. The van der Waals surface area contributed by atoms with E-state index >= 15 is 0 Å². The highest BCUT2D eigenvalue weighted by atomic mass is 13.9. The smallest absolute Gasteiger partial charge is 0.0351 e. The van der Waals surface area contributed by atoms with Crippen LogP contribution in [0, 0.1) is 6.92 Å². The maximum absolute atomic E-state index is 3.85. The minimum absolute atomic E-state index is 1.10. The van der Waals surface area contributed by atoms with Crippen LogP contribution in [0.2, 0.25) is 0 Å². The summed E-state index contributed by atoms with van der Waals surface area (Å²) in [5, 5.41) is 0. The molecule has 0 atom stereocenters. The fraction of sp³-hybridized carbons (Fsp3) is 0.667. The Hall–Kier alpha value is -0.520. The number of hydrogen-bond donors (Lipinski definition) is 0. The summed E-state index contributed by atoms with van der Waals surface area (Å²) < 4.78 is 0. The highest BCUT2D eigenvalue weighted by Crippen LogP contribution is 2.06. The molecule has 0 unspecified atom stereocenters. The van der Waals surface area contributed by atoms with Gasteiger partial charge in [0.25, 0.3) is 0 Å². The molecule has 0 heterocycles. The van der Waals surface area contributed by atoms with Crippen molar-refractivity contribution in [2.24, 2.45) is 0 Å². The van der Waals surface area contributed by atoms with Gasteiger partial charge in [-0.1, -0.05) is 50.8 Å². The van der Waals surface area contributed by atoms with E-state index in [1.807, 2.05) is 6.08 Å². The molecule has 0 aromatic rings. The van der Waals surface area contributed by atoms with E-state index in [0.717, 1.165) is 6.42 Å². The van der Waals surface area contributed by atoms with E-state index in [1.54, 1.807) is 0 Å². The van der Waals surface area contributed by atoms with Crippen molar-refractivity contribution in [3.8, 4) is 0 Å². The third kappa shape index (κ3) is 13.5. The Kier molecular flexibility index (Phi) is 13.0. The van der Waals surface area contributed by atoms with Gasteiger partial charge in [0, 0.05) is 0 Å². The number of allylic oxidation sites excluding steroid dienone is 3. The Morgan fingerprint density at radius 1 is 0.667 bits per heavy atom. The molecular weight excluding hydrogens is 180 g/mol. The predicted molar refractivity (Wildman–Crippen MR) is 70.9 cm³/mol. The van der Waals surface area contributed by atoms with E-state index in [4.69, 9.17) is 0 Å². The van der Waals surface area contributed by atoms with Crippen LogP contribution in [0.15, 0.2) is 24.8 Å². The molecule has 87 valence electrons. The Labute approximate surface area is 96.5 Å². The maximum Gasteiger partial charge on any atom is -0.0351 e. The molecule has 0 amide bonds. The Morgan fingerprint density at radius 2 is 1.20 bits per heavy atom. The van der Waals surface area contributed by atoms with Crippen LogP contribution in [0.1, 0.15) is 64.2 Å². The summed E-state index contributed by atoms with van der Waals surface area (Å²) in [6, 6.07) is 0. The quantitative estimate of drug-likeness (QED) is 0.311. The number of hydrogen-bond acceptors (Lipinski definition) is 0. The predicted octanol–water partition coefficient (Wildman–Crippen LogP) is 5.46. The van der Waals surface area contributed by atoms with Gasteiger partial charge in [-0.3, -0.25) is 0 Å². The standard InChI is InChI=1S/C15H27/c1-3-5-7-9-11-13-15-14-12-10-8-6-4-2/h3,13,15H,1-2,4-12,14H2. The monoisotopic (exact) mass is 207 g/mol. The van der Waals surface area contributed by atoms with Gasteiger partial charge >= 0.3 is 0 Å². The van der Waals surface area contributed by atoms with Crippen molar-refractivity contribution in [2.75, 3.05) is 0 Å². The molecule has 0 aliphatic carbocycles. The van der Waals surface area contributed by atoms with Crippen molar-refractivity contribution in [3.05, 3.63) is 31.7 Å². The van der Waals surface area contributed by atoms with Crippen molar-refractivity contribution < 1.29 is 0 Å². The number of rotatable bonds is 11. The molecule has 15 heavy (non-hydrogen) atoms. The van der Waals surface area contributed by atoms with Gasteiger partial charge in [-0.25, -0.2) is 0 Å². The zero-order chi connectivity index (χ0) is 11.2. The van der Waals surface area contributed by atoms with Crippen molar-refractivity contribution in [3.63, 3.8) is 0 Å². The van der Waals surface area contributed by atoms with Crippen LogP contribution in [0.25, 0.3) is 0 Å². The molecule has 1 radical (unpaired) electrons. The van der Waals surface area contributed by atoms with Gasteiger partial charge in [0.1, 0.15) is 0 Å². The summed E-state index contributed by atoms with van der Waals surface area (Å²) in [5.41, 5.74) is 0. The van der Waals surface area contributed by atoms with E-state index < -0.39 is 0 Å². The highest BCUT2D eigenvalue weighted by molar-refractivity contribution is 4.81. The summed E-state index contributed by atoms with van der Waals surface area (Å²) in [4.78, 5) is 0. The molecule has 0 rings (SSSR count). The molecule has 0 fully saturated rings. The van der Waals surface area contributed by atoms with Gasteiger partial charge in [0.05, 0.1) is 0 Å². The molecule has 0 nitrogen and oxygen atoms in total. The lowest BCUT2D eigenvalue weighted by atomic mass is 10.1. The molecular formula is C15H27. The molecule has 0 spiro atoms. The fourth-order valence-corrected chi connectivity index (χ4v) is 1.58. The van der Waals surface area contributed by atoms with Gasteiger partial charge in [-0.2, -0.15) is 0 Å². The molecule has 0 saturated heterocycles. The van der Waals surface area contributed by atoms with Crippen LogP contribution in [0.5, 0.6) is 0 Å². The Bertz CT molecular complexity index is 144. The summed E-state index contributed by atoms with van der Waals surface area (Å²) in [5.74, 6) is 0. The van der Waals surface area contributed by atoms with Crippen molar-refractivity contribution >= 4 is 0 Å². The molecule has 0 aromatic heterocycles. The van der Waals surface area contributed by atoms with Crippen molar-refractivity contribution in [1.29, 1.82) is 0 Å². The van der Waals surface area contributed by atoms with Crippen LogP contribution >= 0.6 is 0 Å². The van der Waals surface area contributed by atoms with E-state index in [-0.39, 0.29) is 0 Å². The number of unbranched alkanes of at least 4 members (excludes halogenated alkanes) is 8. The largest absolute Gasteiger partial charge is 0.103 e. The summed E-state index contributed by atoms with van der Waals surface area (Å²) >= 11 is 0. The average molecular weight is 207 g/mol. The summed E-state index contributed by atoms with van der Waals surface area (Å²) in [7, 11) is 0. The lowest BCUT2D eigenvalue weighted by Crippen LogP contribution is -1.76. The maximum atomic E-state index is 3.85. The van der Waals surface area contributed by atoms with Gasteiger partial charge in [0.2, 0.25) is 0 Å². The van der Waals surface area contributed by atoms with Crippen LogP contribution in [-0.4, -0.2) is 0 Å². The first-order valence-electron chi connectivity index (χ1n) is 6.47. The average Bonchev–Trinajstić information content (AvgIpc) is 2.26. The van der Waals surface area contributed by atoms with Crippen LogP contribution < -0.4 is 0 Å². The normalized spacial score (nSPS) is 11.0. The van der Waals surface area contributed by atoms with Gasteiger partial charge in [0.15, 0.2) is 0 Å². The van der Waals surface area contributed by atoms with Crippen LogP contribution in [-0.2, 0) is 0 Å². The van der Waals surface area contributed by atoms with Crippen molar-refractivity contribution in [1.82, 2.24) is 0 Å². The third-order valence-electron chi connectivity index (χ3n) is 2.57. The third-order valence-corrected chi connectivity index (χ3v) is 2.57. The van der Waals surface area contributed by atoms with Gasteiger partial charge < -0.3 is 0 Å². The van der Waals surface area contributed by atoms with Crippen LogP contribution in [0.3, 0.4) is 0 Å². The van der Waals surface area contributed by atoms with E-state index in [1.165, 1.54) is 57.8 Å². The first kappa shape index (κ1) is 14.5. The minimum Gasteiger partial charge on any atom is -0.103 e. The molecule has 0 heteroatoms. The van der Waals surface area contributed by atoms with Crippen LogP contribution in [0.4, 0.5) is 0 Å². The van der Waals surface area contributed by atoms with Crippen molar-refractivity contribution in [2.45, 2.75) is 64.2 Å². The summed E-state index contributed by atoms with van der Waals surface area (Å²) in [6.07, 6.45) is 19.4. The minimum atomic E-state index is 1.10. The second kappa shape index (κ2) is 13.5. The lowest BCUT2D eigenvalue weighted by Gasteiger charge is -1.96. The summed E-state index contributed by atoms with van der Waals surface area (Å²) in [6.45, 7) is 7.57. The molecule has 0 N–H and O–H groups in total.